The minimum absolute atomic E-state index is 0.643. The zero-order valence-corrected chi connectivity index (χ0v) is 33.1. The van der Waals surface area contributed by atoms with E-state index in [0.29, 0.717) is 5.69 Å². The van der Waals surface area contributed by atoms with Gasteiger partial charge < -0.3 is 14.2 Å². The van der Waals surface area contributed by atoms with Crippen molar-refractivity contribution in [3.8, 4) is 11.1 Å². The smallest absolute Gasteiger partial charge is 0.187 e. The molecule has 0 bridgehead atoms. The molecule has 4 nitrogen and oxygen atoms in total. The summed E-state index contributed by atoms with van der Waals surface area (Å²) in [6.07, 6.45) is 0. The highest BCUT2D eigenvalue weighted by Crippen LogP contribution is 2.46. The molecule has 0 saturated heterocycles. The summed E-state index contributed by atoms with van der Waals surface area (Å²) in [4.78, 5) is 8.32. The normalized spacial score (nSPS) is 11.6. The van der Waals surface area contributed by atoms with Crippen molar-refractivity contribution in [1.29, 1.82) is 0 Å². The lowest BCUT2D eigenvalue weighted by molar-refractivity contribution is 1.29. The fourth-order valence-corrected chi connectivity index (χ4v) is 9.38. The molecule has 284 valence electrons. The Morgan fingerprint density at radius 2 is 0.738 bits per heavy atom. The number of anilines is 6. The largest absolute Gasteiger partial charge is 0.310 e. The number of hydrogen-bond donors (Lipinski definition) is 0. The van der Waals surface area contributed by atoms with E-state index in [1.165, 1.54) is 59.6 Å². The van der Waals surface area contributed by atoms with E-state index in [0.717, 1.165) is 45.3 Å². The van der Waals surface area contributed by atoms with Crippen molar-refractivity contribution in [3.05, 3.63) is 230 Å². The second-order valence-corrected chi connectivity index (χ2v) is 15.7. The Labute approximate surface area is 353 Å². The molecule has 4 heteroatoms. The third kappa shape index (κ3) is 5.67. The molecule has 0 atom stereocenters. The predicted molar refractivity (Wildman–Crippen MR) is 257 cm³/mol. The van der Waals surface area contributed by atoms with Gasteiger partial charge in [0, 0.05) is 55.7 Å². The van der Waals surface area contributed by atoms with Crippen LogP contribution in [0.5, 0.6) is 0 Å². The lowest BCUT2D eigenvalue weighted by atomic mass is 9.97. The van der Waals surface area contributed by atoms with E-state index >= 15 is 0 Å². The van der Waals surface area contributed by atoms with E-state index in [1.807, 2.05) is 12.1 Å². The summed E-state index contributed by atoms with van der Waals surface area (Å²) < 4.78 is 2.50. The van der Waals surface area contributed by atoms with Crippen LogP contribution in [0.4, 0.5) is 39.8 Å². The molecule has 10 aromatic carbocycles. The highest BCUT2D eigenvalue weighted by atomic mass is 15.1. The van der Waals surface area contributed by atoms with Crippen LogP contribution in [0.25, 0.3) is 75.6 Å². The Morgan fingerprint density at radius 3 is 1.13 bits per heavy atom. The molecule has 61 heavy (non-hydrogen) atoms. The van der Waals surface area contributed by atoms with Gasteiger partial charge in [-0.2, -0.15) is 0 Å². The molecule has 0 N–H and O–H groups in total. The first-order chi connectivity index (χ1) is 30.2. The van der Waals surface area contributed by atoms with Crippen LogP contribution in [0, 0.1) is 6.57 Å². The van der Waals surface area contributed by atoms with Crippen molar-refractivity contribution in [3.63, 3.8) is 0 Å². The lowest BCUT2D eigenvalue weighted by Crippen LogP contribution is -2.09. The second-order valence-electron chi connectivity index (χ2n) is 15.7. The van der Waals surface area contributed by atoms with Crippen LogP contribution in [0.15, 0.2) is 218 Å². The fourth-order valence-electron chi connectivity index (χ4n) is 9.38. The molecule has 0 aliphatic carbocycles. The first-order valence-corrected chi connectivity index (χ1v) is 20.6. The average Bonchev–Trinajstić information content (AvgIpc) is 3.82. The molecule has 12 aromatic rings. The van der Waals surface area contributed by atoms with Crippen LogP contribution in [0.3, 0.4) is 0 Å². The van der Waals surface area contributed by atoms with E-state index < -0.39 is 0 Å². The van der Waals surface area contributed by atoms with Gasteiger partial charge in [0.15, 0.2) is 5.69 Å². The van der Waals surface area contributed by atoms with Gasteiger partial charge in [0.25, 0.3) is 0 Å². The Bertz CT molecular complexity index is 3340. The Balaban J connectivity index is 1.12. The predicted octanol–water partition coefficient (Wildman–Crippen LogP) is 16.3. The topological polar surface area (TPSA) is 15.3 Å². The maximum absolute atomic E-state index is 7.55. The van der Waals surface area contributed by atoms with Gasteiger partial charge in [0.2, 0.25) is 0 Å². The molecule has 0 unspecified atom stereocenters. The maximum Gasteiger partial charge on any atom is 0.187 e. The summed E-state index contributed by atoms with van der Waals surface area (Å²) in [5.41, 5.74) is 13.1. The molecule has 0 spiro atoms. The van der Waals surface area contributed by atoms with Crippen molar-refractivity contribution in [1.82, 2.24) is 4.40 Å². The summed E-state index contributed by atoms with van der Waals surface area (Å²) in [5, 5.41) is 9.61. The van der Waals surface area contributed by atoms with Gasteiger partial charge in [-0.25, -0.2) is 4.85 Å². The number of fused-ring (bicyclic) bond motifs is 8. The lowest BCUT2D eigenvalue weighted by Gasteiger charge is -2.25. The number of para-hydroxylation sites is 4. The van der Waals surface area contributed by atoms with Crippen molar-refractivity contribution in [2.24, 2.45) is 0 Å². The van der Waals surface area contributed by atoms with Gasteiger partial charge in [-0.1, -0.05) is 109 Å². The highest BCUT2D eigenvalue weighted by Gasteiger charge is 2.22. The summed E-state index contributed by atoms with van der Waals surface area (Å²) in [5.74, 6) is 0. The zero-order valence-electron chi connectivity index (χ0n) is 33.1. The Hall–Kier alpha value is -8.39. The molecule has 2 aromatic heterocycles. The van der Waals surface area contributed by atoms with E-state index in [4.69, 9.17) is 6.57 Å². The highest BCUT2D eigenvalue weighted by molar-refractivity contribution is 6.27. The number of rotatable bonds is 7. The van der Waals surface area contributed by atoms with Crippen LogP contribution in [0.2, 0.25) is 0 Å². The Morgan fingerprint density at radius 1 is 0.328 bits per heavy atom. The van der Waals surface area contributed by atoms with Gasteiger partial charge in [-0.05, 0) is 142 Å². The molecule has 2 heterocycles. The van der Waals surface area contributed by atoms with Gasteiger partial charge in [0.05, 0.1) is 23.1 Å². The minimum atomic E-state index is 0.643. The number of hydrogen-bond acceptors (Lipinski definition) is 2. The molecular formula is C57H36N4. The Kier molecular flexibility index (Phi) is 7.88. The third-order valence-electron chi connectivity index (χ3n) is 12.2. The van der Waals surface area contributed by atoms with Crippen molar-refractivity contribution >= 4 is 99.5 Å². The molecule has 0 aliphatic heterocycles. The number of nitrogens with zero attached hydrogens (tertiary/aromatic N) is 4. The molecule has 0 fully saturated rings. The van der Waals surface area contributed by atoms with Gasteiger partial charge >= 0.3 is 0 Å². The van der Waals surface area contributed by atoms with Crippen LogP contribution in [0.1, 0.15) is 0 Å². The molecule has 12 rings (SSSR count). The first-order valence-electron chi connectivity index (χ1n) is 20.6. The summed E-state index contributed by atoms with van der Waals surface area (Å²) in [7, 11) is 0. The van der Waals surface area contributed by atoms with E-state index in [1.54, 1.807) is 0 Å². The van der Waals surface area contributed by atoms with Crippen molar-refractivity contribution in [2.75, 3.05) is 9.80 Å². The quantitative estimate of drug-likeness (QED) is 0.150. The van der Waals surface area contributed by atoms with Gasteiger partial charge in [0.1, 0.15) is 0 Å². The summed E-state index contributed by atoms with van der Waals surface area (Å²) in [6.45, 7) is 7.55. The molecule has 0 saturated carbocycles. The summed E-state index contributed by atoms with van der Waals surface area (Å²) >= 11 is 0. The summed E-state index contributed by atoms with van der Waals surface area (Å²) in [6, 6.07) is 78.2. The molecule has 0 amide bonds. The standard InChI is InChI=1S/C57H36N4/c1-58-44-26-22-38(23-27-44)43-34-53-51-32-39-24-28-49(59(45-14-6-2-7-15-45)46-16-8-3-9-17-46)30-41(39)36-55(51)61-56-37-42-31-50(29-25-40(42)33-52(56)54(35-43)57(53)61)60(47-18-10-4-11-19-47)48-20-12-5-13-21-48/h2-37H. The van der Waals surface area contributed by atoms with Crippen LogP contribution in [-0.4, -0.2) is 4.40 Å². The van der Waals surface area contributed by atoms with E-state index in [9.17, 15) is 0 Å². The molecular weight excluding hydrogens is 741 g/mol. The van der Waals surface area contributed by atoms with Gasteiger partial charge in [-0.3, -0.25) is 0 Å². The van der Waals surface area contributed by atoms with Crippen LogP contribution < -0.4 is 9.80 Å². The monoisotopic (exact) mass is 776 g/mol. The third-order valence-corrected chi connectivity index (χ3v) is 12.2. The van der Waals surface area contributed by atoms with Crippen LogP contribution >= 0.6 is 0 Å². The van der Waals surface area contributed by atoms with Crippen LogP contribution in [-0.2, 0) is 0 Å². The van der Waals surface area contributed by atoms with Crippen molar-refractivity contribution < 1.29 is 0 Å². The molecule has 0 radical (unpaired) electrons. The van der Waals surface area contributed by atoms with Crippen molar-refractivity contribution in [2.45, 2.75) is 0 Å². The van der Waals surface area contributed by atoms with E-state index in [-0.39, 0.29) is 0 Å². The number of benzene rings is 10. The second kappa shape index (κ2) is 13.9. The molecule has 0 aliphatic rings. The van der Waals surface area contributed by atoms with Gasteiger partial charge in [-0.15, -0.1) is 0 Å². The van der Waals surface area contributed by atoms with E-state index in [2.05, 4.69) is 225 Å². The minimum Gasteiger partial charge on any atom is -0.310 e. The average molecular weight is 777 g/mol. The fraction of sp³-hybridized carbons (Fsp3) is 0. The zero-order chi connectivity index (χ0) is 40.4. The maximum atomic E-state index is 7.55. The SMILES string of the molecule is [C-]#[N+]c1ccc(-c2cc3c4cc5ccc(N(c6ccccc6)c6ccccc6)cc5cc4n4c5cc6cc(N(c7ccccc7)c7ccccc7)ccc6cc5c(c2)c34)cc1. The number of aromatic nitrogens is 1. The first kappa shape index (κ1) is 34.6.